The van der Waals surface area contributed by atoms with Crippen LogP contribution in [0, 0.1) is 5.82 Å². The molecule has 2 aromatic carbocycles. The van der Waals surface area contributed by atoms with Gasteiger partial charge in [0, 0.05) is 4.90 Å². The molecule has 0 radical (unpaired) electrons. The lowest BCUT2D eigenvalue weighted by Crippen LogP contribution is -2.32. The van der Waals surface area contributed by atoms with Gasteiger partial charge in [-0.15, -0.1) is 11.8 Å². The summed E-state index contributed by atoms with van der Waals surface area (Å²) in [7, 11) is 0. The van der Waals surface area contributed by atoms with Crippen LogP contribution in [-0.2, 0) is 19.1 Å². The summed E-state index contributed by atoms with van der Waals surface area (Å²) in [5.41, 5.74) is 0.712. The third-order valence-electron chi connectivity index (χ3n) is 3.57. The molecular formula is C18H15FN2O4S. The first-order valence-electron chi connectivity index (χ1n) is 7.79. The van der Waals surface area contributed by atoms with E-state index in [1.165, 1.54) is 30.0 Å². The highest BCUT2D eigenvalue weighted by Gasteiger charge is 2.29. The number of benzene rings is 2. The van der Waals surface area contributed by atoms with Crippen LogP contribution in [0.5, 0.6) is 0 Å². The Morgan fingerprint density at radius 2 is 1.88 bits per heavy atom. The third kappa shape index (κ3) is 4.40. The fourth-order valence-electron chi connectivity index (χ4n) is 2.33. The molecule has 1 heterocycles. The van der Waals surface area contributed by atoms with Gasteiger partial charge in [-0.3, -0.25) is 14.4 Å². The second kappa shape index (κ2) is 8.01. The molecule has 2 aromatic rings. The minimum Gasteiger partial charge on any atom is -0.456 e. The number of carbonyl (C=O) groups is 3. The Kier molecular flexibility index (Phi) is 5.52. The fraction of sp³-hybridized carbons (Fsp3) is 0.167. The molecule has 1 aliphatic heterocycles. The van der Waals surface area contributed by atoms with E-state index in [-0.39, 0.29) is 18.0 Å². The number of para-hydroxylation sites is 2. The lowest BCUT2D eigenvalue weighted by atomic mass is 10.2. The van der Waals surface area contributed by atoms with E-state index in [1.807, 2.05) is 18.2 Å². The van der Waals surface area contributed by atoms with E-state index in [0.29, 0.717) is 5.69 Å². The van der Waals surface area contributed by atoms with E-state index in [2.05, 4.69) is 10.6 Å². The number of halogens is 1. The molecule has 0 saturated carbocycles. The van der Waals surface area contributed by atoms with Gasteiger partial charge in [-0.2, -0.15) is 0 Å². The summed E-state index contributed by atoms with van der Waals surface area (Å²) in [6.45, 7) is -0.553. The Bertz CT molecular complexity index is 859. The molecule has 1 aliphatic rings. The SMILES string of the molecule is O=C(COC(=O)C[C@H]1Sc2ccccc2NC1=O)Nc1ccccc1F. The van der Waals surface area contributed by atoms with Crippen molar-refractivity contribution in [3.63, 3.8) is 0 Å². The molecule has 0 unspecified atom stereocenters. The van der Waals surface area contributed by atoms with Crippen molar-refractivity contribution in [2.75, 3.05) is 17.2 Å². The summed E-state index contributed by atoms with van der Waals surface area (Å²) in [4.78, 5) is 36.6. The molecule has 0 aromatic heterocycles. The zero-order chi connectivity index (χ0) is 18.5. The van der Waals surface area contributed by atoms with Gasteiger partial charge in [-0.05, 0) is 24.3 Å². The van der Waals surface area contributed by atoms with Crippen LogP contribution in [0.15, 0.2) is 53.4 Å². The van der Waals surface area contributed by atoms with Gasteiger partial charge in [0.1, 0.15) is 5.82 Å². The Morgan fingerprint density at radius 3 is 2.69 bits per heavy atom. The molecule has 6 nitrogen and oxygen atoms in total. The number of fused-ring (bicyclic) bond motifs is 1. The van der Waals surface area contributed by atoms with Gasteiger partial charge in [0.15, 0.2) is 6.61 Å². The Labute approximate surface area is 153 Å². The average Bonchev–Trinajstić information content (AvgIpc) is 2.62. The summed E-state index contributed by atoms with van der Waals surface area (Å²) < 4.78 is 18.3. The van der Waals surface area contributed by atoms with Crippen LogP contribution in [0.25, 0.3) is 0 Å². The van der Waals surface area contributed by atoms with Crippen molar-refractivity contribution >= 4 is 40.9 Å². The van der Waals surface area contributed by atoms with E-state index in [1.54, 1.807) is 12.1 Å². The molecule has 0 aliphatic carbocycles. The number of esters is 1. The maximum Gasteiger partial charge on any atom is 0.307 e. The number of rotatable bonds is 5. The van der Waals surface area contributed by atoms with Crippen LogP contribution in [0.2, 0.25) is 0 Å². The quantitative estimate of drug-likeness (QED) is 0.786. The van der Waals surface area contributed by atoms with E-state index < -0.39 is 29.6 Å². The summed E-state index contributed by atoms with van der Waals surface area (Å²) in [5.74, 6) is -2.21. The van der Waals surface area contributed by atoms with Crippen LogP contribution in [0.3, 0.4) is 0 Å². The molecule has 2 N–H and O–H groups in total. The Balaban J connectivity index is 1.49. The van der Waals surface area contributed by atoms with Crippen LogP contribution < -0.4 is 10.6 Å². The first kappa shape index (κ1) is 17.9. The Morgan fingerprint density at radius 1 is 1.15 bits per heavy atom. The van der Waals surface area contributed by atoms with Gasteiger partial charge in [0.05, 0.1) is 23.0 Å². The molecule has 2 amide bonds. The minimum atomic E-state index is -0.680. The molecule has 0 spiro atoms. The topological polar surface area (TPSA) is 84.5 Å². The number of carbonyl (C=O) groups excluding carboxylic acids is 3. The number of anilines is 2. The molecule has 0 bridgehead atoms. The molecule has 0 fully saturated rings. The van der Waals surface area contributed by atoms with Crippen molar-refractivity contribution in [1.82, 2.24) is 0 Å². The van der Waals surface area contributed by atoms with Gasteiger partial charge in [0.2, 0.25) is 5.91 Å². The molecule has 1 atom stereocenters. The monoisotopic (exact) mass is 374 g/mol. The number of hydrogen-bond acceptors (Lipinski definition) is 5. The average molecular weight is 374 g/mol. The van der Waals surface area contributed by atoms with Crippen molar-refractivity contribution in [2.24, 2.45) is 0 Å². The maximum absolute atomic E-state index is 13.5. The van der Waals surface area contributed by atoms with Gasteiger partial charge in [-0.1, -0.05) is 24.3 Å². The third-order valence-corrected chi connectivity index (χ3v) is 4.85. The second-order valence-electron chi connectivity index (χ2n) is 5.48. The molecule has 134 valence electrons. The maximum atomic E-state index is 13.5. The van der Waals surface area contributed by atoms with E-state index in [4.69, 9.17) is 4.74 Å². The van der Waals surface area contributed by atoms with Crippen LogP contribution >= 0.6 is 11.8 Å². The highest BCUT2D eigenvalue weighted by atomic mass is 32.2. The standard InChI is InChI=1S/C18H15FN2O4S/c19-11-5-1-2-6-12(11)20-16(22)10-25-17(23)9-15-18(24)21-13-7-3-4-8-14(13)26-15/h1-8,15H,9-10H2,(H,20,22)(H,21,24)/t15-/m1/s1. The fourth-order valence-corrected chi connectivity index (χ4v) is 3.43. The number of thioether (sulfide) groups is 1. The van der Waals surface area contributed by atoms with Gasteiger partial charge >= 0.3 is 5.97 Å². The lowest BCUT2D eigenvalue weighted by Gasteiger charge is -2.23. The van der Waals surface area contributed by atoms with Gasteiger partial charge < -0.3 is 15.4 Å². The zero-order valence-electron chi connectivity index (χ0n) is 13.5. The highest BCUT2D eigenvalue weighted by molar-refractivity contribution is 8.01. The van der Waals surface area contributed by atoms with Crippen LogP contribution in [0.1, 0.15) is 6.42 Å². The molecule has 26 heavy (non-hydrogen) atoms. The minimum absolute atomic E-state index is 0.00682. The molecule has 3 rings (SSSR count). The molecular weight excluding hydrogens is 359 g/mol. The lowest BCUT2D eigenvalue weighted by molar-refractivity contribution is -0.147. The van der Waals surface area contributed by atoms with Gasteiger partial charge in [0.25, 0.3) is 5.91 Å². The summed E-state index contributed by atoms with van der Waals surface area (Å²) in [6, 6.07) is 12.9. The van der Waals surface area contributed by atoms with E-state index in [0.717, 1.165) is 4.90 Å². The number of hydrogen-bond donors (Lipinski definition) is 2. The summed E-state index contributed by atoms with van der Waals surface area (Å²) in [5, 5.41) is 4.41. The predicted octanol–water partition coefficient (Wildman–Crippen LogP) is 2.81. The first-order valence-corrected chi connectivity index (χ1v) is 8.67. The Hall–Kier alpha value is -2.87. The van der Waals surface area contributed by atoms with Crippen molar-refractivity contribution in [3.8, 4) is 0 Å². The zero-order valence-corrected chi connectivity index (χ0v) is 14.3. The largest absolute Gasteiger partial charge is 0.456 e. The summed E-state index contributed by atoms with van der Waals surface area (Å²) >= 11 is 1.27. The number of amides is 2. The van der Waals surface area contributed by atoms with E-state index in [9.17, 15) is 18.8 Å². The summed E-state index contributed by atoms with van der Waals surface area (Å²) in [6.07, 6.45) is -0.169. The highest BCUT2D eigenvalue weighted by Crippen LogP contribution is 2.36. The second-order valence-corrected chi connectivity index (χ2v) is 6.73. The first-order chi connectivity index (χ1) is 12.5. The van der Waals surface area contributed by atoms with Crippen molar-refractivity contribution < 1.29 is 23.5 Å². The van der Waals surface area contributed by atoms with Crippen LogP contribution in [-0.4, -0.2) is 29.6 Å². The predicted molar refractivity (Wildman–Crippen MR) is 95.3 cm³/mol. The van der Waals surface area contributed by atoms with E-state index >= 15 is 0 Å². The van der Waals surface area contributed by atoms with Crippen LogP contribution in [0.4, 0.5) is 15.8 Å². The van der Waals surface area contributed by atoms with Crippen molar-refractivity contribution in [3.05, 3.63) is 54.3 Å². The van der Waals surface area contributed by atoms with Gasteiger partial charge in [-0.25, -0.2) is 4.39 Å². The van der Waals surface area contributed by atoms with Crippen molar-refractivity contribution in [1.29, 1.82) is 0 Å². The van der Waals surface area contributed by atoms with Crippen molar-refractivity contribution in [2.45, 2.75) is 16.6 Å². The molecule has 0 saturated heterocycles. The normalized spacial score (nSPS) is 15.6. The number of nitrogens with one attached hydrogen (secondary N) is 2. The number of ether oxygens (including phenoxy) is 1. The smallest absolute Gasteiger partial charge is 0.307 e. The molecule has 8 heteroatoms.